The zero-order valence-electron chi connectivity index (χ0n) is 19.8. The lowest BCUT2D eigenvalue weighted by Gasteiger charge is -2.47. The molecule has 1 aliphatic carbocycles. The Bertz CT molecular complexity index is 722. The molecule has 0 spiro atoms. The molecule has 0 unspecified atom stereocenters. The molecular weight excluding hydrogens is 370 g/mol. The van der Waals surface area contributed by atoms with Crippen LogP contribution in [0.1, 0.15) is 103 Å². The van der Waals surface area contributed by atoms with Crippen molar-refractivity contribution in [2.45, 2.75) is 103 Å². The van der Waals surface area contributed by atoms with E-state index in [1.54, 1.807) is 0 Å². The molecule has 168 valence electrons. The van der Waals surface area contributed by atoms with Gasteiger partial charge in [-0.15, -0.1) is 0 Å². The van der Waals surface area contributed by atoms with Gasteiger partial charge in [-0.25, -0.2) is 0 Å². The second-order valence-corrected chi connectivity index (χ2v) is 9.92. The Morgan fingerprint density at radius 2 is 1.90 bits per heavy atom. The predicted molar refractivity (Wildman–Crippen MR) is 127 cm³/mol. The van der Waals surface area contributed by atoms with E-state index in [4.69, 9.17) is 15.2 Å². The molecule has 0 radical (unpaired) electrons. The number of allylic oxidation sites excluding steroid dienone is 2. The lowest BCUT2D eigenvalue weighted by molar-refractivity contribution is 0.00723. The summed E-state index contributed by atoms with van der Waals surface area (Å²) >= 11 is 0. The van der Waals surface area contributed by atoms with E-state index in [0.29, 0.717) is 11.8 Å². The van der Waals surface area contributed by atoms with Crippen LogP contribution >= 0.6 is 0 Å². The maximum Gasteiger partial charge on any atom is 0.127 e. The van der Waals surface area contributed by atoms with Gasteiger partial charge in [0, 0.05) is 17.4 Å². The smallest absolute Gasteiger partial charge is 0.127 e. The van der Waals surface area contributed by atoms with Crippen molar-refractivity contribution >= 4 is 0 Å². The van der Waals surface area contributed by atoms with E-state index in [-0.39, 0.29) is 5.60 Å². The Morgan fingerprint density at radius 3 is 2.67 bits per heavy atom. The quantitative estimate of drug-likeness (QED) is 0.316. The van der Waals surface area contributed by atoms with Gasteiger partial charge in [-0.3, -0.25) is 0 Å². The highest BCUT2D eigenvalue weighted by molar-refractivity contribution is 5.53. The van der Waals surface area contributed by atoms with Crippen LogP contribution in [0.5, 0.6) is 11.5 Å². The number of unbranched alkanes of at least 4 members (excludes halogenated alkanes) is 5. The monoisotopic (exact) mass is 413 g/mol. The molecule has 3 rings (SSSR count). The summed E-state index contributed by atoms with van der Waals surface area (Å²) < 4.78 is 13.1. The number of nitrogens with two attached hydrogens (primary N) is 1. The van der Waals surface area contributed by atoms with E-state index in [2.05, 4.69) is 45.9 Å². The fourth-order valence-electron chi connectivity index (χ4n) is 5.23. The normalized spacial score (nSPS) is 22.0. The summed E-state index contributed by atoms with van der Waals surface area (Å²) in [7, 11) is 0. The van der Waals surface area contributed by atoms with Gasteiger partial charge in [-0.05, 0) is 83.5 Å². The molecule has 1 aromatic rings. The summed E-state index contributed by atoms with van der Waals surface area (Å²) in [5.41, 5.74) is 9.67. The fraction of sp³-hybridized carbons (Fsp3) is 0.704. The zero-order valence-corrected chi connectivity index (χ0v) is 19.8. The van der Waals surface area contributed by atoms with Crippen LogP contribution in [0.25, 0.3) is 0 Å². The van der Waals surface area contributed by atoms with Gasteiger partial charge >= 0.3 is 0 Å². The Hall–Kier alpha value is -1.48. The molecule has 2 aliphatic rings. The van der Waals surface area contributed by atoms with E-state index in [1.165, 1.54) is 48.8 Å². The summed E-state index contributed by atoms with van der Waals surface area (Å²) in [4.78, 5) is 0. The molecule has 1 heterocycles. The minimum atomic E-state index is -0.142. The van der Waals surface area contributed by atoms with Crippen LogP contribution in [0, 0.1) is 5.92 Å². The van der Waals surface area contributed by atoms with Gasteiger partial charge in [-0.2, -0.15) is 0 Å². The first-order valence-corrected chi connectivity index (χ1v) is 12.3. The van der Waals surface area contributed by atoms with E-state index >= 15 is 0 Å². The Labute approximate surface area is 184 Å². The van der Waals surface area contributed by atoms with Gasteiger partial charge < -0.3 is 15.2 Å². The first-order valence-electron chi connectivity index (χ1n) is 12.3. The molecule has 3 heteroatoms. The van der Waals surface area contributed by atoms with Crippen molar-refractivity contribution in [3.05, 3.63) is 34.9 Å². The molecule has 1 aromatic carbocycles. The molecule has 0 fully saturated rings. The minimum absolute atomic E-state index is 0.142. The summed E-state index contributed by atoms with van der Waals surface area (Å²) in [5.74, 6) is 3.15. The number of ether oxygens (including phenoxy) is 2. The van der Waals surface area contributed by atoms with Crippen molar-refractivity contribution in [3.63, 3.8) is 0 Å². The molecule has 0 bridgehead atoms. The molecule has 2 atom stereocenters. The lowest BCUT2D eigenvalue weighted by Crippen LogP contribution is -2.45. The van der Waals surface area contributed by atoms with Crippen LogP contribution in [0.15, 0.2) is 23.8 Å². The van der Waals surface area contributed by atoms with Crippen LogP contribution in [-0.2, 0) is 6.42 Å². The van der Waals surface area contributed by atoms with Crippen molar-refractivity contribution < 1.29 is 9.47 Å². The van der Waals surface area contributed by atoms with E-state index in [0.717, 1.165) is 56.8 Å². The van der Waals surface area contributed by atoms with Crippen molar-refractivity contribution in [2.24, 2.45) is 11.7 Å². The van der Waals surface area contributed by atoms with Crippen LogP contribution in [0.3, 0.4) is 0 Å². The standard InChI is InChI=1S/C27H43NO2/c1-5-6-9-12-21-18-24(29-16-11-8-7-10-15-28)26-22-17-20(2)13-14-23(22)27(3,4)30-25(26)19-21/h13,18-19,22-23H,5-12,14-17,28H2,1-4H3/t22-,23+/m1/s1. The lowest BCUT2D eigenvalue weighted by atomic mass is 9.67. The molecule has 30 heavy (non-hydrogen) atoms. The number of rotatable bonds is 11. The molecule has 2 N–H and O–H groups in total. The van der Waals surface area contributed by atoms with E-state index < -0.39 is 0 Å². The summed E-state index contributed by atoms with van der Waals surface area (Å²) in [6, 6.07) is 4.63. The Balaban J connectivity index is 1.85. The predicted octanol–water partition coefficient (Wildman–Crippen LogP) is 6.93. The first-order chi connectivity index (χ1) is 14.5. The third-order valence-electron chi connectivity index (χ3n) is 6.97. The van der Waals surface area contributed by atoms with Crippen molar-refractivity contribution in [1.82, 2.24) is 0 Å². The maximum absolute atomic E-state index is 6.65. The number of fused-ring (bicyclic) bond motifs is 3. The Kier molecular flexibility index (Phi) is 8.27. The molecule has 3 nitrogen and oxygen atoms in total. The minimum Gasteiger partial charge on any atom is -0.493 e. The highest BCUT2D eigenvalue weighted by Gasteiger charge is 2.45. The van der Waals surface area contributed by atoms with Crippen LogP contribution in [0.2, 0.25) is 0 Å². The fourth-order valence-corrected chi connectivity index (χ4v) is 5.23. The van der Waals surface area contributed by atoms with Gasteiger partial charge in [0.25, 0.3) is 0 Å². The van der Waals surface area contributed by atoms with Crippen molar-refractivity contribution in [3.8, 4) is 11.5 Å². The zero-order chi connectivity index (χ0) is 21.6. The molecule has 0 saturated heterocycles. The van der Waals surface area contributed by atoms with Gasteiger partial charge in [0.05, 0.1) is 6.61 Å². The SMILES string of the molecule is CCCCCc1cc(OCCCCCCN)c2c(c1)OC(C)(C)[C@H]1CC=C(C)C[C@@H]21. The van der Waals surface area contributed by atoms with Crippen molar-refractivity contribution in [1.29, 1.82) is 0 Å². The number of aryl methyl sites for hydroxylation is 1. The molecule has 0 amide bonds. The van der Waals surface area contributed by atoms with Gasteiger partial charge in [0.15, 0.2) is 0 Å². The average Bonchev–Trinajstić information content (AvgIpc) is 2.69. The highest BCUT2D eigenvalue weighted by Crippen LogP contribution is 2.54. The molecule has 1 aliphatic heterocycles. The molecular formula is C27H43NO2. The third-order valence-corrected chi connectivity index (χ3v) is 6.97. The second kappa shape index (κ2) is 10.7. The number of hydrogen-bond donors (Lipinski definition) is 1. The van der Waals surface area contributed by atoms with Crippen LogP contribution in [-0.4, -0.2) is 18.8 Å². The Morgan fingerprint density at radius 1 is 1.10 bits per heavy atom. The van der Waals surface area contributed by atoms with Crippen LogP contribution < -0.4 is 15.2 Å². The van der Waals surface area contributed by atoms with Gasteiger partial charge in [-0.1, -0.05) is 44.3 Å². The summed E-state index contributed by atoms with van der Waals surface area (Å²) in [5, 5.41) is 0. The second-order valence-electron chi connectivity index (χ2n) is 9.92. The highest BCUT2D eigenvalue weighted by atomic mass is 16.5. The van der Waals surface area contributed by atoms with Gasteiger partial charge in [0.2, 0.25) is 0 Å². The third kappa shape index (κ3) is 5.60. The van der Waals surface area contributed by atoms with E-state index in [1.807, 2.05) is 0 Å². The largest absolute Gasteiger partial charge is 0.493 e. The number of benzene rings is 1. The average molecular weight is 414 g/mol. The van der Waals surface area contributed by atoms with Crippen molar-refractivity contribution in [2.75, 3.05) is 13.2 Å². The van der Waals surface area contributed by atoms with E-state index in [9.17, 15) is 0 Å². The summed E-state index contributed by atoms with van der Waals surface area (Å²) in [6.07, 6.45) is 14.1. The molecule has 0 aromatic heterocycles. The molecule has 0 saturated carbocycles. The topological polar surface area (TPSA) is 44.5 Å². The van der Waals surface area contributed by atoms with Crippen LogP contribution in [0.4, 0.5) is 0 Å². The number of hydrogen-bond acceptors (Lipinski definition) is 3. The summed E-state index contributed by atoms with van der Waals surface area (Å²) in [6.45, 7) is 10.6. The van der Waals surface area contributed by atoms with Gasteiger partial charge in [0.1, 0.15) is 17.1 Å². The maximum atomic E-state index is 6.65. The first kappa shape index (κ1) is 23.2.